The van der Waals surface area contributed by atoms with E-state index in [9.17, 15) is 23.1 Å². The summed E-state index contributed by atoms with van der Waals surface area (Å²) in [7, 11) is -4.03. The number of guanidine groups is 1. The maximum atomic E-state index is 13.4. The third-order valence-electron chi connectivity index (χ3n) is 7.73. The molecule has 11 nitrogen and oxygen atoms in total. The molecular weight excluding hydrogens is 548 g/mol. The summed E-state index contributed by atoms with van der Waals surface area (Å²) in [5.41, 5.74) is 9.21. The number of aliphatic carboxylic acids is 1. The van der Waals surface area contributed by atoms with Crippen LogP contribution < -0.4 is 15.2 Å². The van der Waals surface area contributed by atoms with Crippen molar-refractivity contribution in [3.05, 3.63) is 58.1 Å². The summed E-state index contributed by atoms with van der Waals surface area (Å²) >= 11 is 0. The monoisotopic (exact) mass is 586 g/mol. The number of sulfonamides is 1. The maximum Gasteiger partial charge on any atom is 0.410 e. The zero-order chi connectivity index (χ0) is 30.1. The molecule has 2 aliphatic heterocycles. The lowest BCUT2D eigenvalue weighted by atomic mass is 9.94. The molecule has 0 bridgehead atoms. The summed E-state index contributed by atoms with van der Waals surface area (Å²) < 4.78 is 40.6. The summed E-state index contributed by atoms with van der Waals surface area (Å²) in [6.07, 6.45) is 0.555. The van der Waals surface area contributed by atoms with Crippen LogP contribution in [-0.2, 0) is 32.6 Å². The Hall–Kier alpha value is -3.80. The van der Waals surface area contributed by atoms with Gasteiger partial charge >= 0.3 is 12.1 Å². The van der Waals surface area contributed by atoms with Crippen LogP contribution in [0.5, 0.6) is 5.75 Å². The first-order chi connectivity index (χ1) is 19.2. The number of benzene rings is 2. The fourth-order valence-electron chi connectivity index (χ4n) is 5.61. The lowest BCUT2D eigenvalue weighted by Crippen LogP contribution is -2.40. The van der Waals surface area contributed by atoms with Gasteiger partial charge in [0.1, 0.15) is 24.0 Å². The van der Waals surface area contributed by atoms with E-state index in [2.05, 4.69) is 9.71 Å². The van der Waals surface area contributed by atoms with Gasteiger partial charge in [-0.1, -0.05) is 30.3 Å². The Morgan fingerprint density at radius 3 is 2.51 bits per heavy atom. The summed E-state index contributed by atoms with van der Waals surface area (Å²) in [6, 6.07) is 8.12. The number of nitrogens with zero attached hydrogens (tertiary/aromatic N) is 2. The van der Waals surface area contributed by atoms with Crippen LogP contribution in [-0.4, -0.2) is 61.2 Å². The number of ether oxygens (including phenoxy) is 2. The fourth-order valence-corrected chi connectivity index (χ4v) is 7.13. The predicted molar refractivity (Wildman–Crippen MR) is 153 cm³/mol. The molecule has 1 fully saturated rings. The van der Waals surface area contributed by atoms with Crippen LogP contribution in [0.25, 0.3) is 0 Å². The molecule has 2 aliphatic rings. The molecule has 41 heavy (non-hydrogen) atoms. The quantitative estimate of drug-likeness (QED) is 0.313. The van der Waals surface area contributed by atoms with Crippen LogP contribution >= 0.6 is 0 Å². The molecule has 0 radical (unpaired) electrons. The van der Waals surface area contributed by atoms with Gasteiger partial charge in [0.05, 0.1) is 4.90 Å². The van der Waals surface area contributed by atoms with Crippen LogP contribution in [0.2, 0.25) is 0 Å². The van der Waals surface area contributed by atoms with Crippen molar-refractivity contribution in [2.75, 3.05) is 13.1 Å². The average molecular weight is 587 g/mol. The van der Waals surface area contributed by atoms with Gasteiger partial charge in [0.2, 0.25) is 5.96 Å². The number of nitrogens with two attached hydrogens (primary N) is 1. The molecule has 0 unspecified atom stereocenters. The highest BCUT2D eigenvalue weighted by Crippen LogP contribution is 2.43. The molecule has 2 aromatic rings. The number of fused-ring (bicyclic) bond motifs is 1. The highest BCUT2D eigenvalue weighted by molar-refractivity contribution is 7.90. The van der Waals surface area contributed by atoms with Crippen LogP contribution in [0.4, 0.5) is 4.79 Å². The molecule has 0 spiro atoms. The number of carboxylic acids is 1. The number of aliphatic imine (C=N–C) groups is 1. The number of nitrogens with one attached hydrogen (secondary N) is 1. The van der Waals surface area contributed by atoms with Gasteiger partial charge in [0.15, 0.2) is 0 Å². The van der Waals surface area contributed by atoms with Crippen molar-refractivity contribution in [3.63, 3.8) is 0 Å². The predicted octanol–water partition coefficient (Wildman–Crippen LogP) is 3.42. The van der Waals surface area contributed by atoms with Gasteiger partial charge in [-0.15, -0.1) is 0 Å². The molecule has 4 N–H and O–H groups in total. The first-order valence-corrected chi connectivity index (χ1v) is 15.0. The normalized spacial score (nSPS) is 19.9. The van der Waals surface area contributed by atoms with E-state index in [0.29, 0.717) is 24.0 Å². The summed E-state index contributed by atoms with van der Waals surface area (Å²) in [5.74, 6) is -0.796. The van der Waals surface area contributed by atoms with Crippen molar-refractivity contribution < 1.29 is 32.6 Å². The molecule has 12 heteroatoms. The molecule has 222 valence electrons. The molecule has 0 aliphatic carbocycles. The molecule has 4 rings (SSSR count). The van der Waals surface area contributed by atoms with Crippen molar-refractivity contribution in [3.8, 4) is 5.75 Å². The van der Waals surface area contributed by atoms with E-state index < -0.39 is 33.7 Å². The molecule has 2 aromatic carbocycles. The van der Waals surface area contributed by atoms with Crippen molar-refractivity contribution in [1.82, 2.24) is 9.62 Å². The summed E-state index contributed by atoms with van der Waals surface area (Å²) in [6.45, 7) is 9.68. The minimum atomic E-state index is -4.03. The summed E-state index contributed by atoms with van der Waals surface area (Å²) in [4.78, 5) is 30.0. The topological polar surface area (TPSA) is 161 Å². The number of amides is 1. The highest BCUT2D eigenvalue weighted by atomic mass is 32.2. The van der Waals surface area contributed by atoms with Gasteiger partial charge in [-0.05, 0) is 75.6 Å². The number of carbonyl (C=O) groups is 2. The number of hydrogen-bond donors (Lipinski definition) is 3. The molecule has 2 atom stereocenters. The Morgan fingerprint density at radius 1 is 1.17 bits per heavy atom. The van der Waals surface area contributed by atoms with Crippen molar-refractivity contribution in [2.45, 2.75) is 77.0 Å². The second-order valence-corrected chi connectivity index (χ2v) is 13.0. The lowest BCUT2D eigenvalue weighted by molar-refractivity contribution is -0.141. The van der Waals surface area contributed by atoms with Gasteiger partial charge in [-0.3, -0.25) is 9.89 Å². The van der Waals surface area contributed by atoms with Gasteiger partial charge in [0, 0.05) is 25.1 Å². The van der Waals surface area contributed by atoms with Crippen molar-refractivity contribution >= 4 is 28.0 Å². The zero-order valence-corrected chi connectivity index (χ0v) is 24.9. The third kappa shape index (κ3) is 6.58. The molecule has 0 saturated carbocycles. The van der Waals surface area contributed by atoms with E-state index in [0.717, 1.165) is 22.4 Å². The van der Waals surface area contributed by atoms with E-state index in [1.54, 1.807) is 13.8 Å². The van der Waals surface area contributed by atoms with Crippen LogP contribution in [0, 0.1) is 26.7 Å². The Bertz CT molecular complexity index is 1470. The van der Waals surface area contributed by atoms with E-state index in [1.807, 2.05) is 51.1 Å². The van der Waals surface area contributed by atoms with Gasteiger partial charge in [-0.2, -0.15) is 0 Å². The first-order valence-electron chi connectivity index (χ1n) is 13.5. The third-order valence-corrected chi connectivity index (χ3v) is 9.36. The number of rotatable bonds is 8. The first kappa shape index (κ1) is 30.2. The Labute approximate surface area is 240 Å². The Kier molecular flexibility index (Phi) is 8.53. The second kappa shape index (κ2) is 11.6. The number of carboxylic acid groups (broad SMARTS) is 1. The minimum Gasteiger partial charge on any atom is -0.487 e. The van der Waals surface area contributed by atoms with E-state index in [-0.39, 0.29) is 42.9 Å². The molecular formula is C29H38N4O7S. The minimum absolute atomic E-state index is 0.0433. The second-order valence-electron chi connectivity index (χ2n) is 11.4. The SMILES string of the molecule is Cc1c(C)c(S(=O)(=O)NC(N)=NCC[C@@H]2C[C@@H](C(=O)O)N(C(=O)OCc3ccccc3)C2)c(C)c2c1OC(C)(C)C2. The standard InChI is InChI=1S/C29H38N4O7S/c1-17-18(2)25(19(3)22-14-29(4,5)40-24(17)22)41(37,38)32-27(30)31-12-11-21-13-23(26(34)35)33(15-21)28(36)39-16-20-9-7-6-8-10-20/h6-10,21,23H,11-16H2,1-5H3,(H,34,35)(H3,30,31,32)/t21-,23+/m1/s1. The van der Waals surface area contributed by atoms with Crippen LogP contribution in [0.1, 0.15) is 54.5 Å². The van der Waals surface area contributed by atoms with E-state index in [1.165, 1.54) is 4.90 Å². The number of carbonyl (C=O) groups excluding carboxylic acids is 1. The zero-order valence-electron chi connectivity index (χ0n) is 24.1. The van der Waals surface area contributed by atoms with Crippen LogP contribution in [0.15, 0.2) is 40.2 Å². The molecule has 0 aromatic heterocycles. The number of hydrogen-bond acceptors (Lipinski definition) is 7. The Balaban J connectivity index is 1.38. The average Bonchev–Trinajstić information content (AvgIpc) is 3.47. The van der Waals surface area contributed by atoms with E-state index >= 15 is 0 Å². The molecule has 2 heterocycles. The Morgan fingerprint density at radius 2 is 1.85 bits per heavy atom. The summed E-state index contributed by atoms with van der Waals surface area (Å²) in [5, 5.41) is 9.65. The fraction of sp³-hybridized carbons (Fsp3) is 0.483. The molecule has 1 saturated heterocycles. The smallest absolute Gasteiger partial charge is 0.410 e. The van der Waals surface area contributed by atoms with Gasteiger partial charge < -0.3 is 20.3 Å². The highest BCUT2D eigenvalue weighted by Gasteiger charge is 2.40. The van der Waals surface area contributed by atoms with Crippen LogP contribution in [0.3, 0.4) is 0 Å². The molecule has 1 amide bonds. The maximum absolute atomic E-state index is 13.4. The van der Waals surface area contributed by atoms with Crippen molar-refractivity contribution in [1.29, 1.82) is 0 Å². The lowest BCUT2D eigenvalue weighted by Gasteiger charge is -2.20. The van der Waals surface area contributed by atoms with E-state index in [4.69, 9.17) is 15.2 Å². The number of likely N-dealkylation sites (tertiary alicyclic amines) is 1. The van der Waals surface area contributed by atoms with Crippen molar-refractivity contribution in [2.24, 2.45) is 16.6 Å². The largest absolute Gasteiger partial charge is 0.487 e. The van der Waals surface area contributed by atoms with Gasteiger partial charge in [0.25, 0.3) is 10.0 Å². The van der Waals surface area contributed by atoms with Gasteiger partial charge in [-0.25, -0.2) is 22.7 Å².